The van der Waals surface area contributed by atoms with Gasteiger partial charge in [-0.15, -0.1) is 11.3 Å². The maximum absolute atomic E-state index is 13.1. The van der Waals surface area contributed by atoms with Crippen molar-refractivity contribution >= 4 is 39.1 Å². The molecule has 4 rings (SSSR count). The van der Waals surface area contributed by atoms with Gasteiger partial charge in [-0.25, -0.2) is 0 Å². The number of pyridine rings is 1. The molecule has 0 saturated carbocycles. The van der Waals surface area contributed by atoms with Gasteiger partial charge in [0.05, 0.1) is 25.7 Å². The number of ether oxygens (including phenoxy) is 3. The van der Waals surface area contributed by atoms with E-state index in [-0.39, 0.29) is 37.4 Å². The highest BCUT2D eigenvalue weighted by Crippen LogP contribution is 2.26. The number of amides is 1. The molecule has 0 aliphatic carbocycles. The Bertz CT molecular complexity index is 1430. The van der Waals surface area contributed by atoms with Gasteiger partial charge in [-0.2, -0.15) is 0 Å². The van der Waals surface area contributed by atoms with Crippen LogP contribution < -0.4 is 20.2 Å². The highest BCUT2D eigenvalue weighted by Gasteiger charge is 2.17. The Balaban J connectivity index is 1.35. The van der Waals surface area contributed by atoms with E-state index >= 15 is 0 Å². The smallest absolute Gasteiger partial charge is 0.257 e. The number of methoxy groups -OCH3 is 1. The Labute approximate surface area is 223 Å². The van der Waals surface area contributed by atoms with Crippen molar-refractivity contribution in [2.24, 2.45) is 7.05 Å². The zero-order valence-electron chi connectivity index (χ0n) is 20.4. The molecule has 8 nitrogen and oxygen atoms in total. The number of aryl methyl sites for hydroxylation is 1. The van der Waals surface area contributed by atoms with Gasteiger partial charge < -0.3 is 29.2 Å². The summed E-state index contributed by atoms with van der Waals surface area (Å²) in [7, 11) is 3.34. The lowest BCUT2D eigenvalue weighted by atomic mass is 10.2. The summed E-state index contributed by atoms with van der Waals surface area (Å²) in [4.78, 5) is 27.3. The monoisotopic (exact) mass is 542 g/mol. The van der Waals surface area contributed by atoms with Gasteiger partial charge in [-0.1, -0.05) is 35.9 Å². The molecular formula is C27H27ClN2O6S. The molecule has 0 aliphatic rings. The quantitative estimate of drug-likeness (QED) is 0.295. The summed E-state index contributed by atoms with van der Waals surface area (Å²) in [6.07, 6.45) is 0.698. The van der Waals surface area contributed by atoms with E-state index in [9.17, 15) is 14.7 Å². The van der Waals surface area contributed by atoms with E-state index in [0.717, 1.165) is 15.3 Å². The summed E-state index contributed by atoms with van der Waals surface area (Å²) in [5, 5.41) is 14.1. The van der Waals surface area contributed by atoms with Gasteiger partial charge in [0.25, 0.3) is 5.91 Å². The third kappa shape index (κ3) is 6.69. The van der Waals surface area contributed by atoms with Gasteiger partial charge >= 0.3 is 0 Å². The fourth-order valence-corrected chi connectivity index (χ4v) is 4.84. The fourth-order valence-electron chi connectivity index (χ4n) is 3.69. The van der Waals surface area contributed by atoms with Crippen LogP contribution >= 0.6 is 22.9 Å². The fraction of sp³-hybridized carbons (Fsp3) is 0.259. The SMILES string of the molecule is COc1ccccc1OC[C@H](O)COCc1cc2c(=O)c(C(=O)NCc3ccc(Cl)cc3)cn(C)c2s1. The number of rotatable bonds is 11. The van der Waals surface area contributed by atoms with Crippen LogP contribution in [0.15, 0.2) is 65.6 Å². The summed E-state index contributed by atoms with van der Waals surface area (Å²) in [6, 6.07) is 16.0. The van der Waals surface area contributed by atoms with Crippen molar-refractivity contribution in [3.05, 3.63) is 92.0 Å². The average molecular weight is 543 g/mol. The summed E-state index contributed by atoms with van der Waals surface area (Å²) in [5.41, 5.74) is 0.605. The highest BCUT2D eigenvalue weighted by atomic mass is 35.5. The lowest BCUT2D eigenvalue weighted by Crippen LogP contribution is -2.29. The number of aliphatic hydroxyl groups excluding tert-OH is 1. The normalized spacial score (nSPS) is 11.9. The predicted molar refractivity (Wildman–Crippen MR) is 144 cm³/mol. The van der Waals surface area contributed by atoms with E-state index in [0.29, 0.717) is 21.9 Å². The number of benzene rings is 2. The van der Waals surface area contributed by atoms with Crippen molar-refractivity contribution in [2.45, 2.75) is 19.3 Å². The van der Waals surface area contributed by atoms with Gasteiger partial charge in [0, 0.05) is 29.7 Å². The number of hydrogen-bond acceptors (Lipinski definition) is 7. The molecule has 2 N–H and O–H groups in total. The van der Waals surface area contributed by atoms with Crippen molar-refractivity contribution in [2.75, 3.05) is 20.3 Å². The summed E-state index contributed by atoms with van der Waals surface area (Å²) >= 11 is 7.30. The Morgan fingerprint density at radius 1 is 1.14 bits per heavy atom. The Hall–Kier alpha value is -3.37. The molecule has 2 aromatic heterocycles. The van der Waals surface area contributed by atoms with Crippen LogP contribution in [0.4, 0.5) is 0 Å². The lowest BCUT2D eigenvalue weighted by molar-refractivity contribution is 0.00585. The first-order valence-electron chi connectivity index (χ1n) is 11.5. The number of thiophene rings is 1. The molecule has 0 unspecified atom stereocenters. The number of fused-ring (bicyclic) bond motifs is 1. The number of hydrogen-bond donors (Lipinski definition) is 2. The number of aliphatic hydroxyl groups is 1. The molecule has 194 valence electrons. The van der Waals surface area contributed by atoms with Crippen molar-refractivity contribution < 1.29 is 24.1 Å². The van der Waals surface area contributed by atoms with Gasteiger partial charge in [0.1, 0.15) is 23.1 Å². The van der Waals surface area contributed by atoms with Gasteiger partial charge in [0.2, 0.25) is 5.43 Å². The van der Waals surface area contributed by atoms with Crippen molar-refractivity contribution in [1.82, 2.24) is 9.88 Å². The van der Waals surface area contributed by atoms with Crippen LogP contribution in [0, 0.1) is 0 Å². The first kappa shape index (κ1) is 26.7. The number of carbonyl (C=O) groups excluding carboxylic acids is 1. The number of para-hydroxylation sites is 2. The molecule has 1 amide bonds. The maximum atomic E-state index is 13.1. The molecule has 0 saturated heterocycles. The zero-order chi connectivity index (χ0) is 26.4. The van der Waals surface area contributed by atoms with Crippen LogP contribution in [0.5, 0.6) is 11.5 Å². The van der Waals surface area contributed by atoms with E-state index in [1.54, 1.807) is 55.3 Å². The van der Waals surface area contributed by atoms with Crippen LogP contribution in [0.1, 0.15) is 20.8 Å². The molecule has 0 bridgehead atoms. The standard InChI is InChI=1S/C27H27ClN2O6S/c1-30-13-22(26(33)29-12-17-7-9-18(28)10-8-17)25(32)21-11-20(37-27(21)30)16-35-14-19(31)15-36-24-6-4-3-5-23(24)34-2/h3-11,13,19,31H,12,14-16H2,1-2H3,(H,29,33)/t19-/m1/s1. The largest absolute Gasteiger partial charge is 0.493 e. The Morgan fingerprint density at radius 2 is 1.86 bits per heavy atom. The molecule has 4 aromatic rings. The minimum Gasteiger partial charge on any atom is -0.493 e. The minimum atomic E-state index is -0.846. The van der Waals surface area contributed by atoms with Gasteiger partial charge in [0.15, 0.2) is 11.5 Å². The molecule has 2 heterocycles. The van der Waals surface area contributed by atoms with Gasteiger partial charge in [-0.05, 0) is 35.9 Å². The topological polar surface area (TPSA) is 99.0 Å². The number of carbonyl (C=O) groups is 1. The van der Waals surface area contributed by atoms with Crippen LogP contribution in [0.2, 0.25) is 5.02 Å². The van der Waals surface area contributed by atoms with Crippen LogP contribution in [0.3, 0.4) is 0 Å². The molecule has 10 heteroatoms. The molecule has 0 spiro atoms. The lowest BCUT2D eigenvalue weighted by Gasteiger charge is -2.14. The van der Waals surface area contributed by atoms with E-state index in [1.807, 2.05) is 24.3 Å². The highest BCUT2D eigenvalue weighted by molar-refractivity contribution is 7.18. The predicted octanol–water partition coefficient (Wildman–Crippen LogP) is 4.15. The average Bonchev–Trinajstić information content (AvgIpc) is 3.34. The van der Waals surface area contributed by atoms with Crippen molar-refractivity contribution in [1.29, 1.82) is 0 Å². The molecule has 0 radical (unpaired) electrons. The summed E-state index contributed by atoms with van der Waals surface area (Å²) in [5.74, 6) is 0.678. The first-order chi connectivity index (χ1) is 17.9. The zero-order valence-corrected chi connectivity index (χ0v) is 22.0. The van der Waals surface area contributed by atoms with Crippen LogP contribution in [-0.2, 0) is 24.9 Å². The van der Waals surface area contributed by atoms with E-state index in [2.05, 4.69) is 5.32 Å². The molecule has 0 aliphatic heterocycles. The molecule has 0 fully saturated rings. The second-order valence-electron chi connectivity index (χ2n) is 8.35. The number of nitrogens with zero attached hydrogens (tertiary/aromatic N) is 1. The molecular weight excluding hydrogens is 516 g/mol. The van der Waals surface area contributed by atoms with E-state index in [1.165, 1.54) is 11.3 Å². The summed E-state index contributed by atoms with van der Waals surface area (Å²) in [6.45, 7) is 0.588. The second-order valence-corrected chi connectivity index (χ2v) is 9.91. The minimum absolute atomic E-state index is 0.0426. The third-order valence-corrected chi connectivity index (χ3v) is 7.01. The van der Waals surface area contributed by atoms with Crippen molar-refractivity contribution in [3.63, 3.8) is 0 Å². The van der Waals surface area contributed by atoms with Crippen molar-refractivity contribution in [3.8, 4) is 11.5 Å². The Morgan fingerprint density at radius 3 is 2.59 bits per heavy atom. The number of aromatic nitrogens is 1. The molecule has 37 heavy (non-hydrogen) atoms. The van der Waals surface area contributed by atoms with Crippen LogP contribution in [-0.4, -0.2) is 42.0 Å². The first-order valence-corrected chi connectivity index (χ1v) is 12.7. The number of halogens is 1. The third-order valence-electron chi connectivity index (χ3n) is 5.56. The van der Waals surface area contributed by atoms with Crippen LogP contribution in [0.25, 0.3) is 10.2 Å². The molecule has 1 atom stereocenters. The maximum Gasteiger partial charge on any atom is 0.257 e. The van der Waals surface area contributed by atoms with E-state index in [4.69, 9.17) is 25.8 Å². The second kappa shape index (κ2) is 12.2. The van der Waals surface area contributed by atoms with E-state index < -0.39 is 12.0 Å². The van der Waals surface area contributed by atoms with Gasteiger partial charge in [-0.3, -0.25) is 9.59 Å². The summed E-state index contributed by atoms with van der Waals surface area (Å²) < 4.78 is 18.3. The molecule has 2 aromatic carbocycles. The number of nitrogens with one attached hydrogen (secondary N) is 1. The Kier molecular flexibility index (Phi) is 8.83.